The zero-order chi connectivity index (χ0) is 12.0. The molecule has 0 aromatic rings. The molecule has 96 valence electrons. The van der Waals surface area contributed by atoms with E-state index in [-0.39, 0.29) is 0 Å². The first-order chi connectivity index (χ1) is 8.22. The number of nitrogens with one attached hydrogen (secondary N) is 1. The summed E-state index contributed by atoms with van der Waals surface area (Å²) in [5, 5.41) is 3.78. The van der Waals surface area contributed by atoms with Crippen LogP contribution in [0.25, 0.3) is 0 Å². The van der Waals surface area contributed by atoms with Crippen molar-refractivity contribution < 1.29 is 0 Å². The second-order valence-electron chi connectivity index (χ2n) is 6.79. The Morgan fingerprint density at radius 2 is 1.88 bits per heavy atom. The molecule has 3 fully saturated rings. The number of allylic oxidation sites excluding steroid dienone is 1. The number of fused-ring (bicyclic) bond motifs is 5. The zero-order valence-corrected chi connectivity index (χ0v) is 11.6. The standard InChI is InChI=1S/C16H27N/c1-4-7-17-13(8-10(2)3)16-14-11-5-6-12(9-11)15(14)16/h8,11-17H,4-7,9H2,1-3H3. The van der Waals surface area contributed by atoms with Gasteiger partial charge in [0.05, 0.1) is 0 Å². The highest BCUT2D eigenvalue weighted by molar-refractivity contribution is 5.20. The summed E-state index contributed by atoms with van der Waals surface area (Å²) in [5.74, 6) is 5.39. The van der Waals surface area contributed by atoms with Gasteiger partial charge in [0.2, 0.25) is 0 Å². The van der Waals surface area contributed by atoms with Gasteiger partial charge in [-0.2, -0.15) is 0 Å². The monoisotopic (exact) mass is 233 g/mol. The first kappa shape index (κ1) is 11.8. The van der Waals surface area contributed by atoms with Crippen molar-refractivity contribution in [3.63, 3.8) is 0 Å². The van der Waals surface area contributed by atoms with Crippen molar-refractivity contribution in [2.24, 2.45) is 29.6 Å². The van der Waals surface area contributed by atoms with Gasteiger partial charge in [-0.15, -0.1) is 0 Å². The van der Waals surface area contributed by atoms with Gasteiger partial charge in [0.1, 0.15) is 0 Å². The Morgan fingerprint density at radius 1 is 1.24 bits per heavy atom. The van der Waals surface area contributed by atoms with Gasteiger partial charge in [-0.1, -0.05) is 18.6 Å². The summed E-state index contributed by atoms with van der Waals surface area (Å²) in [6, 6.07) is 0.679. The molecular weight excluding hydrogens is 206 g/mol. The maximum absolute atomic E-state index is 3.78. The van der Waals surface area contributed by atoms with Crippen LogP contribution in [0.2, 0.25) is 0 Å². The minimum atomic E-state index is 0.679. The fourth-order valence-electron chi connectivity index (χ4n) is 4.85. The molecule has 3 aliphatic carbocycles. The lowest BCUT2D eigenvalue weighted by Gasteiger charge is -2.19. The first-order valence-corrected chi connectivity index (χ1v) is 7.60. The van der Waals surface area contributed by atoms with Crippen LogP contribution in [-0.2, 0) is 0 Å². The average molecular weight is 233 g/mol. The topological polar surface area (TPSA) is 12.0 Å². The van der Waals surface area contributed by atoms with Gasteiger partial charge in [0, 0.05) is 6.04 Å². The van der Waals surface area contributed by atoms with E-state index in [1.807, 2.05) is 0 Å². The van der Waals surface area contributed by atoms with Crippen LogP contribution in [0.3, 0.4) is 0 Å². The summed E-state index contributed by atoms with van der Waals surface area (Å²) in [7, 11) is 0. The van der Waals surface area contributed by atoms with E-state index in [0.717, 1.165) is 29.6 Å². The predicted octanol–water partition coefficient (Wildman–Crippen LogP) is 3.61. The van der Waals surface area contributed by atoms with Gasteiger partial charge in [-0.25, -0.2) is 0 Å². The normalized spacial score (nSPS) is 43.4. The lowest BCUT2D eigenvalue weighted by atomic mass is 9.96. The van der Waals surface area contributed by atoms with Gasteiger partial charge < -0.3 is 5.32 Å². The minimum Gasteiger partial charge on any atom is -0.310 e. The molecule has 0 spiro atoms. The largest absolute Gasteiger partial charge is 0.310 e. The van der Waals surface area contributed by atoms with Crippen molar-refractivity contribution in [2.75, 3.05) is 6.54 Å². The molecule has 0 saturated heterocycles. The van der Waals surface area contributed by atoms with Crippen LogP contribution in [0, 0.1) is 29.6 Å². The Labute approximate surface area is 106 Å². The maximum atomic E-state index is 3.78. The van der Waals surface area contributed by atoms with E-state index in [1.165, 1.54) is 31.4 Å². The number of rotatable bonds is 5. The summed E-state index contributed by atoms with van der Waals surface area (Å²) < 4.78 is 0. The van der Waals surface area contributed by atoms with Crippen molar-refractivity contribution in [2.45, 2.75) is 52.5 Å². The van der Waals surface area contributed by atoms with Crippen molar-refractivity contribution >= 4 is 0 Å². The second-order valence-corrected chi connectivity index (χ2v) is 6.79. The van der Waals surface area contributed by atoms with E-state index < -0.39 is 0 Å². The van der Waals surface area contributed by atoms with Crippen LogP contribution < -0.4 is 5.32 Å². The van der Waals surface area contributed by atoms with Crippen LogP contribution in [0.15, 0.2) is 11.6 Å². The van der Waals surface area contributed by atoms with Gasteiger partial charge in [-0.3, -0.25) is 0 Å². The lowest BCUT2D eigenvalue weighted by Crippen LogP contribution is -2.32. The Morgan fingerprint density at radius 3 is 2.41 bits per heavy atom. The molecule has 0 aromatic heterocycles. The van der Waals surface area contributed by atoms with Gasteiger partial charge >= 0.3 is 0 Å². The molecule has 3 aliphatic rings. The van der Waals surface area contributed by atoms with Crippen LogP contribution in [-0.4, -0.2) is 12.6 Å². The van der Waals surface area contributed by atoms with Crippen molar-refractivity contribution in [1.29, 1.82) is 0 Å². The Bertz CT molecular complexity index is 299. The molecule has 1 N–H and O–H groups in total. The Hall–Kier alpha value is -0.300. The van der Waals surface area contributed by atoms with Crippen molar-refractivity contribution in [1.82, 2.24) is 5.32 Å². The van der Waals surface area contributed by atoms with Crippen LogP contribution >= 0.6 is 0 Å². The van der Waals surface area contributed by atoms with Gasteiger partial charge in [-0.05, 0) is 75.7 Å². The Kier molecular flexibility index (Phi) is 3.06. The molecular formula is C16H27N. The molecule has 0 amide bonds. The highest BCUT2D eigenvalue weighted by atomic mass is 14.9. The van der Waals surface area contributed by atoms with E-state index in [9.17, 15) is 0 Å². The van der Waals surface area contributed by atoms with Crippen molar-refractivity contribution in [3.05, 3.63) is 11.6 Å². The quantitative estimate of drug-likeness (QED) is 0.715. The highest BCUT2D eigenvalue weighted by Crippen LogP contribution is 2.70. The molecule has 5 atom stereocenters. The maximum Gasteiger partial charge on any atom is 0.0286 e. The van der Waals surface area contributed by atoms with Gasteiger partial charge in [0.25, 0.3) is 0 Å². The third-order valence-electron chi connectivity index (χ3n) is 5.35. The fraction of sp³-hybridized carbons (Fsp3) is 0.875. The molecule has 3 rings (SSSR count). The molecule has 3 saturated carbocycles. The van der Waals surface area contributed by atoms with E-state index >= 15 is 0 Å². The summed E-state index contributed by atoms with van der Waals surface area (Å²) >= 11 is 0. The van der Waals surface area contributed by atoms with Gasteiger partial charge in [0.15, 0.2) is 0 Å². The van der Waals surface area contributed by atoms with Crippen LogP contribution in [0.4, 0.5) is 0 Å². The van der Waals surface area contributed by atoms with E-state index in [4.69, 9.17) is 0 Å². The molecule has 1 nitrogen and oxygen atoms in total. The summed E-state index contributed by atoms with van der Waals surface area (Å²) in [4.78, 5) is 0. The Balaban J connectivity index is 1.67. The zero-order valence-electron chi connectivity index (χ0n) is 11.6. The minimum absolute atomic E-state index is 0.679. The third kappa shape index (κ3) is 1.97. The fourth-order valence-corrected chi connectivity index (χ4v) is 4.85. The highest BCUT2D eigenvalue weighted by Gasteiger charge is 2.66. The summed E-state index contributed by atoms with van der Waals surface area (Å²) in [6.07, 6.45) is 8.40. The number of hydrogen-bond donors (Lipinski definition) is 1. The summed E-state index contributed by atoms with van der Waals surface area (Å²) in [5.41, 5.74) is 1.48. The SMILES string of the molecule is CCCNC(C=C(C)C)C1C2C3CCC(C3)C21. The molecule has 0 aliphatic heterocycles. The molecule has 0 radical (unpaired) electrons. The first-order valence-electron chi connectivity index (χ1n) is 7.60. The molecule has 1 heteroatoms. The van der Waals surface area contributed by atoms with Crippen molar-refractivity contribution in [3.8, 4) is 0 Å². The molecule has 0 aromatic carbocycles. The van der Waals surface area contributed by atoms with E-state index in [2.05, 4.69) is 32.2 Å². The van der Waals surface area contributed by atoms with E-state index in [0.29, 0.717) is 6.04 Å². The summed E-state index contributed by atoms with van der Waals surface area (Å²) in [6.45, 7) is 7.94. The average Bonchev–Trinajstić information content (AvgIpc) is 2.73. The van der Waals surface area contributed by atoms with E-state index in [1.54, 1.807) is 6.42 Å². The second kappa shape index (κ2) is 4.42. The third-order valence-corrected chi connectivity index (χ3v) is 5.35. The van der Waals surface area contributed by atoms with Crippen LogP contribution in [0.1, 0.15) is 46.5 Å². The molecule has 17 heavy (non-hydrogen) atoms. The van der Waals surface area contributed by atoms with Crippen LogP contribution in [0.5, 0.6) is 0 Å². The lowest BCUT2D eigenvalue weighted by molar-refractivity contribution is 0.401. The smallest absolute Gasteiger partial charge is 0.0286 e. The molecule has 5 unspecified atom stereocenters. The predicted molar refractivity (Wildman–Crippen MR) is 72.8 cm³/mol. The molecule has 2 bridgehead atoms. The molecule has 0 heterocycles. The number of hydrogen-bond acceptors (Lipinski definition) is 1.